The Hall–Kier alpha value is -1.04. The van der Waals surface area contributed by atoms with Gasteiger partial charge in [0.25, 0.3) is 0 Å². The molecule has 0 fully saturated rings. The first-order valence-electron chi connectivity index (χ1n) is 6.70. The summed E-state index contributed by atoms with van der Waals surface area (Å²) >= 11 is 0. The summed E-state index contributed by atoms with van der Waals surface area (Å²) in [5.41, 5.74) is 1.76. The first-order valence-corrected chi connectivity index (χ1v) is 6.70. The van der Waals surface area contributed by atoms with Gasteiger partial charge in [-0.2, -0.15) is 18.3 Å². The number of nitrogens with zero attached hydrogens (tertiary/aromatic N) is 2. The van der Waals surface area contributed by atoms with Gasteiger partial charge in [-0.05, 0) is 25.8 Å². The molecule has 0 radical (unpaired) electrons. The third-order valence-corrected chi connectivity index (χ3v) is 3.01. The first kappa shape index (κ1) is 16.0. The summed E-state index contributed by atoms with van der Waals surface area (Å²) in [4.78, 5) is 0. The molecule has 19 heavy (non-hydrogen) atoms. The second-order valence-electron chi connectivity index (χ2n) is 4.72. The SMILES string of the molecule is CCCNC(CCC(F)(F)F)c1cn(C)nc1CC. The van der Waals surface area contributed by atoms with E-state index in [0.29, 0.717) is 6.54 Å². The Kier molecular flexibility index (Phi) is 5.85. The van der Waals surface area contributed by atoms with Crippen LogP contribution in [-0.2, 0) is 13.5 Å². The van der Waals surface area contributed by atoms with Gasteiger partial charge < -0.3 is 5.32 Å². The van der Waals surface area contributed by atoms with Crippen LogP contribution in [0.3, 0.4) is 0 Å². The topological polar surface area (TPSA) is 29.9 Å². The molecule has 0 aliphatic carbocycles. The number of halogens is 3. The third-order valence-electron chi connectivity index (χ3n) is 3.01. The van der Waals surface area contributed by atoms with Crippen molar-refractivity contribution in [2.75, 3.05) is 6.54 Å². The molecule has 0 amide bonds. The lowest BCUT2D eigenvalue weighted by Gasteiger charge is -2.19. The van der Waals surface area contributed by atoms with Gasteiger partial charge in [0.05, 0.1) is 5.69 Å². The van der Waals surface area contributed by atoms with Crippen molar-refractivity contribution in [2.24, 2.45) is 7.05 Å². The predicted molar refractivity (Wildman–Crippen MR) is 68.9 cm³/mol. The van der Waals surface area contributed by atoms with E-state index in [9.17, 15) is 13.2 Å². The quantitative estimate of drug-likeness (QED) is 0.828. The highest BCUT2D eigenvalue weighted by molar-refractivity contribution is 5.21. The van der Waals surface area contributed by atoms with Crippen molar-refractivity contribution in [3.63, 3.8) is 0 Å². The molecule has 1 unspecified atom stereocenters. The van der Waals surface area contributed by atoms with Gasteiger partial charge in [0.1, 0.15) is 0 Å². The number of rotatable bonds is 7. The molecule has 1 aromatic rings. The van der Waals surface area contributed by atoms with E-state index in [1.807, 2.05) is 20.0 Å². The van der Waals surface area contributed by atoms with Crippen molar-refractivity contribution < 1.29 is 13.2 Å². The zero-order valence-corrected chi connectivity index (χ0v) is 11.7. The maximum Gasteiger partial charge on any atom is 0.389 e. The van der Waals surface area contributed by atoms with Crippen LogP contribution in [0.1, 0.15) is 50.4 Å². The zero-order valence-electron chi connectivity index (χ0n) is 11.7. The Labute approximate surface area is 112 Å². The minimum atomic E-state index is -4.11. The molecule has 0 aromatic carbocycles. The van der Waals surface area contributed by atoms with Crippen LogP contribution in [0, 0.1) is 0 Å². The monoisotopic (exact) mass is 277 g/mol. The van der Waals surface area contributed by atoms with Gasteiger partial charge in [-0.1, -0.05) is 13.8 Å². The molecule has 1 atom stereocenters. The molecule has 110 valence electrons. The first-order chi connectivity index (χ1) is 8.87. The minimum Gasteiger partial charge on any atom is -0.310 e. The van der Waals surface area contributed by atoms with E-state index in [1.165, 1.54) is 0 Å². The summed E-state index contributed by atoms with van der Waals surface area (Å²) < 4.78 is 38.8. The number of aryl methyl sites for hydroxylation is 2. The van der Waals surface area contributed by atoms with Crippen molar-refractivity contribution in [3.05, 3.63) is 17.5 Å². The normalized spacial score (nSPS) is 13.8. The van der Waals surface area contributed by atoms with Crippen molar-refractivity contribution in [3.8, 4) is 0 Å². The summed E-state index contributed by atoms with van der Waals surface area (Å²) in [5, 5.41) is 7.49. The Morgan fingerprint density at radius 1 is 1.37 bits per heavy atom. The highest BCUT2D eigenvalue weighted by atomic mass is 19.4. The van der Waals surface area contributed by atoms with Gasteiger partial charge in [0.15, 0.2) is 0 Å². The molecule has 1 rings (SSSR count). The fraction of sp³-hybridized carbons (Fsp3) is 0.769. The number of nitrogens with one attached hydrogen (secondary N) is 1. The van der Waals surface area contributed by atoms with Gasteiger partial charge in [-0.15, -0.1) is 0 Å². The smallest absolute Gasteiger partial charge is 0.310 e. The lowest BCUT2D eigenvalue weighted by Crippen LogP contribution is -2.24. The number of hydrogen-bond donors (Lipinski definition) is 1. The maximum atomic E-state index is 12.4. The molecule has 0 saturated heterocycles. The lowest BCUT2D eigenvalue weighted by atomic mass is 10.0. The van der Waals surface area contributed by atoms with E-state index in [1.54, 1.807) is 11.7 Å². The van der Waals surface area contributed by atoms with Crippen molar-refractivity contribution in [1.82, 2.24) is 15.1 Å². The van der Waals surface area contributed by atoms with Crippen molar-refractivity contribution in [2.45, 2.75) is 51.7 Å². The molecule has 3 nitrogen and oxygen atoms in total. The second-order valence-corrected chi connectivity index (χ2v) is 4.72. The van der Waals surface area contributed by atoms with E-state index in [2.05, 4.69) is 10.4 Å². The fourth-order valence-corrected chi connectivity index (χ4v) is 2.11. The average molecular weight is 277 g/mol. The Bertz CT molecular complexity index is 385. The second kappa shape index (κ2) is 6.93. The molecule has 0 aliphatic heterocycles. The average Bonchev–Trinajstić information content (AvgIpc) is 2.69. The Morgan fingerprint density at radius 2 is 2.05 bits per heavy atom. The number of alkyl halides is 3. The number of aromatic nitrogens is 2. The predicted octanol–water partition coefficient (Wildman–Crippen LogP) is 3.37. The lowest BCUT2D eigenvalue weighted by molar-refractivity contribution is -0.136. The van der Waals surface area contributed by atoms with Crippen LogP contribution in [0.4, 0.5) is 13.2 Å². The molecule has 6 heteroatoms. The summed E-state index contributed by atoms with van der Waals surface area (Å²) in [6.07, 6.45) is -1.38. The summed E-state index contributed by atoms with van der Waals surface area (Å²) in [6, 6.07) is -0.273. The van der Waals surface area contributed by atoms with Gasteiger partial charge >= 0.3 is 6.18 Å². The Morgan fingerprint density at radius 3 is 2.58 bits per heavy atom. The summed E-state index contributed by atoms with van der Waals surface area (Å²) in [6.45, 7) is 4.67. The molecule has 0 bridgehead atoms. The fourth-order valence-electron chi connectivity index (χ4n) is 2.11. The summed E-state index contributed by atoms with van der Waals surface area (Å²) in [7, 11) is 1.79. The molecule has 1 N–H and O–H groups in total. The van der Waals surface area contributed by atoms with Gasteiger partial charge in [0.2, 0.25) is 0 Å². The highest BCUT2D eigenvalue weighted by Gasteiger charge is 2.29. The van der Waals surface area contributed by atoms with Crippen LogP contribution in [0.5, 0.6) is 0 Å². The summed E-state index contributed by atoms with van der Waals surface area (Å²) in [5.74, 6) is 0. The minimum absolute atomic E-state index is 0.0577. The van der Waals surface area contributed by atoms with Crippen LogP contribution < -0.4 is 5.32 Å². The highest BCUT2D eigenvalue weighted by Crippen LogP contribution is 2.29. The zero-order chi connectivity index (χ0) is 14.5. The van der Waals surface area contributed by atoms with E-state index in [4.69, 9.17) is 0 Å². The number of hydrogen-bond acceptors (Lipinski definition) is 2. The van der Waals surface area contributed by atoms with Crippen LogP contribution >= 0.6 is 0 Å². The molecular weight excluding hydrogens is 255 g/mol. The molecule has 0 spiro atoms. The largest absolute Gasteiger partial charge is 0.389 e. The van der Waals surface area contributed by atoms with E-state index >= 15 is 0 Å². The van der Waals surface area contributed by atoms with Crippen LogP contribution in [-0.4, -0.2) is 22.5 Å². The van der Waals surface area contributed by atoms with Crippen LogP contribution in [0.2, 0.25) is 0 Å². The van der Waals surface area contributed by atoms with Crippen LogP contribution in [0.25, 0.3) is 0 Å². The molecule has 1 aromatic heterocycles. The maximum absolute atomic E-state index is 12.4. The van der Waals surface area contributed by atoms with E-state index < -0.39 is 12.6 Å². The molecular formula is C13H22F3N3. The van der Waals surface area contributed by atoms with Crippen LogP contribution in [0.15, 0.2) is 6.20 Å². The van der Waals surface area contributed by atoms with E-state index in [-0.39, 0.29) is 12.5 Å². The standard InChI is InChI=1S/C13H22F3N3/c1-4-8-17-12(6-7-13(14,15)16)10-9-19(3)18-11(10)5-2/h9,12,17H,4-8H2,1-3H3. The van der Waals surface area contributed by atoms with Gasteiger partial charge in [-0.25, -0.2) is 0 Å². The molecule has 0 saturated carbocycles. The van der Waals surface area contributed by atoms with Gasteiger partial charge in [0, 0.05) is 31.3 Å². The van der Waals surface area contributed by atoms with Gasteiger partial charge in [-0.3, -0.25) is 4.68 Å². The third kappa shape index (κ3) is 5.22. The Balaban J connectivity index is 2.82. The molecule has 1 heterocycles. The van der Waals surface area contributed by atoms with Crippen molar-refractivity contribution in [1.29, 1.82) is 0 Å². The van der Waals surface area contributed by atoms with Crippen molar-refractivity contribution >= 4 is 0 Å². The van der Waals surface area contributed by atoms with E-state index in [0.717, 1.165) is 24.1 Å². The molecule has 0 aliphatic rings.